The van der Waals surface area contributed by atoms with E-state index in [0.29, 0.717) is 0 Å². The summed E-state index contributed by atoms with van der Waals surface area (Å²) in [5.74, 6) is 0. The molecule has 4 heteroatoms. The van der Waals surface area contributed by atoms with Gasteiger partial charge in [0.2, 0.25) is 9.20 Å². The fourth-order valence-electron chi connectivity index (χ4n) is 0.390. The van der Waals surface area contributed by atoms with Gasteiger partial charge in [-0.1, -0.05) is 6.55 Å². The molecule has 0 saturated carbocycles. The van der Waals surface area contributed by atoms with Crippen LogP contribution in [0, 0.1) is 0 Å². The third kappa shape index (κ3) is 3.37. The van der Waals surface area contributed by atoms with E-state index < -0.39 is 9.20 Å². The first kappa shape index (κ1) is 8.35. The lowest BCUT2D eigenvalue weighted by Gasteiger charge is -2.17. The van der Waals surface area contributed by atoms with E-state index in [9.17, 15) is 0 Å². The van der Waals surface area contributed by atoms with Crippen LogP contribution in [0.1, 0.15) is 0 Å². The van der Waals surface area contributed by atoms with Crippen molar-refractivity contribution in [3.05, 3.63) is 0 Å². The molecule has 0 aliphatic heterocycles. The first-order valence-corrected chi connectivity index (χ1v) is 7.10. The first-order valence-electron chi connectivity index (χ1n) is 2.96. The summed E-state index contributed by atoms with van der Waals surface area (Å²) in [7, 11) is 3.13. The van der Waals surface area contributed by atoms with Gasteiger partial charge in [0.05, 0.1) is 0 Å². The Hall–Kier alpha value is 0.354. The summed E-state index contributed by atoms with van der Waals surface area (Å²) >= 11 is 0. The molecular formula is C4H15NOSi2. The van der Waals surface area contributed by atoms with Crippen LogP contribution in [0.5, 0.6) is 0 Å². The van der Waals surface area contributed by atoms with Gasteiger partial charge in [0.1, 0.15) is 9.76 Å². The molecule has 2 nitrogen and oxygen atoms in total. The molecule has 0 aromatic heterocycles. The Morgan fingerprint density at radius 2 is 2.00 bits per heavy atom. The van der Waals surface area contributed by atoms with Gasteiger partial charge in [-0.15, -0.1) is 0 Å². The summed E-state index contributed by atoms with van der Waals surface area (Å²) in [6.07, 6.45) is 0. The maximum absolute atomic E-state index is 5.51. The number of rotatable bonds is 3. The van der Waals surface area contributed by atoms with Crippen molar-refractivity contribution in [3.63, 3.8) is 0 Å². The Kier molecular flexibility index (Phi) is 4.44. The minimum Gasteiger partial charge on any atom is -0.452 e. The lowest BCUT2D eigenvalue weighted by atomic mass is 11.3. The molecule has 0 amide bonds. The SMILES string of the molecule is C[SiH2]O[SiH](C)N(C)C. The zero-order chi connectivity index (χ0) is 6.57. The van der Waals surface area contributed by atoms with E-state index in [1.165, 1.54) is 0 Å². The third-order valence-electron chi connectivity index (χ3n) is 1.14. The van der Waals surface area contributed by atoms with Crippen molar-refractivity contribution in [1.29, 1.82) is 0 Å². The molecule has 0 aromatic rings. The molecule has 0 spiro atoms. The van der Waals surface area contributed by atoms with Crippen molar-refractivity contribution >= 4 is 19.0 Å². The zero-order valence-electron chi connectivity index (χ0n) is 6.14. The Bertz CT molecular complexity index is 60.0. The summed E-state index contributed by atoms with van der Waals surface area (Å²) in [5, 5.41) is 0. The average Bonchev–Trinajstić information content (AvgIpc) is 1.67. The lowest BCUT2D eigenvalue weighted by molar-refractivity contribution is 0.496. The van der Waals surface area contributed by atoms with Gasteiger partial charge in [0, 0.05) is 0 Å². The van der Waals surface area contributed by atoms with Crippen molar-refractivity contribution < 1.29 is 4.12 Å². The standard InChI is InChI=1S/C4H15NOSi2/c1-5(2)8(4)6-7-3/h8H,7H2,1-4H3. The normalized spacial score (nSPS) is 16.1. The Balaban J connectivity index is 3.17. The van der Waals surface area contributed by atoms with Crippen LogP contribution in [0.25, 0.3) is 0 Å². The Morgan fingerprint density at radius 3 is 2.12 bits per heavy atom. The van der Waals surface area contributed by atoms with E-state index in [2.05, 4.69) is 31.8 Å². The molecule has 1 unspecified atom stereocenters. The van der Waals surface area contributed by atoms with Crippen LogP contribution in [0.2, 0.25) is 13.1 Å². The second-order valence-corrected chi connectivity index (χ2v) is 6.16. The molecule has 0 aliphatic carbocycles. The molecule has 0 aliphatic rings. The highest BCUT2D eigenvalue weighted by Gasteiger charge is 2.03. The topological polar surface area (TPSA) is 12.5 Å². The van der Waals surface area contributed by atoms with Crippen molar-refractivity contribution in [2.24, 2.45) is 0 Å². The van der Waals surface area contributed by atoms with Crippen LogP contribution in [0.15, 0.2) is 0 Å². The third-order valence-corrected chi connectivity index (χ3v) is 5.85. The molecule has 0 aromatic carbocycles. The Labute approximate surface area is 55.6 Å². The van der Waals surface area contributed by atoms with Crippen molar-refractivity contribution in [1.82, 2.24) is 4.57 Å². The molecule has 0 heterocycles. The lowest BCUT2D eigenvalue weighted by Crippen LogP contribution is -2.33. The summed E-state index contributed by atoms with van der Waals surface area (Å²) in [5.41, 5.74) is 0. The Morgan fingerprint density at radius 1 is 1.50 bits per heavy atom. The molecule has 0 radical (unpaired) electrons. The molecule has 0 rings (SSSR count). The second kappa shape index (κ2) is 4.25. The van der Waals surface area contributed by atoms with Crippen molar-refractivity contribution in [2.75, 3.05) is 14.1 Å². The largest absolute Gasteiger partial charge is 0.452 e. The number of nitrogens with zero attached hydrogens (tertiary/aromatic N) is 1. The van der Waals surface area contributed by atoms with Crippen molar-refractivity contribution in [3.8, 4) is 0 Å². The molecule has 1 atom stereocenters. The van der Waals surface area contributed by atoms with Gasteiger partial charge in [0.25, 0.3) is 0 Å². The molecule has 8 heavy (non-hydrogen) atoms. The van der Waals surface area contributed by atoms with Crippen LogP contribution in [-0.4, -0.2) is 37.6 Å². The maximum Gasteiger partial charge on any atom is 0.240 e. The van der Waals surface area contributed by atoms with Crippen LogP contribution in [0.3, 0.4) is 0 Å². The van der Waals surface area contributed by atoms with E-state index >= 15 is 0 Å². The number of hydrogen-bond acceptors (Lipinski definition) is 2. The van der Waals surface area contributed by atoms with E-state index in [4.69, 9.17) is 4.12 Å². The molecule has 0 fully saturated rings. The van der Waals surface area contributed by atoms with Gasteiger partial charge in [0.15, 0.2) is 0 Å². The maximum atomic E-state index is 5.51. The van der Waals surface area contributed by atoms with Gasteiger partial charge in [-0.05, 0) is 20.6 Å². The molecule has 0 saturated heterocycles. The van der Waals surface area contributed by atoms with E-state index in [1.54, 1.807) is 0 Å². The second-order valence-electron chi connectivity index (χ2n) is 2.02. The van der Waals surface area contributed by atoms with Gasteiger partial charge in [-0.2, -0.15) is 0 Å². The van der Waals surface area contributed by atoms with Crippen LogP contribution >= 0.6 is 0 Å². The molecular weight excluding hydrogens is 134 g/mol. The van der Waals surface area contributed by atoms with E-state index in [0.717, 1.165) is 0 Å². The summed E-state index contributed by atoms with van der Waals surface area (Å²) in [6.45, 7) is 4.38. The summed E-state index contributed by atoms with van der Waals surface area (Å²) < 4.78 is 7.71. The predicted octanol–water partition coefficient (Wildman–Crippen LogP) is -0.453. The van der Waals surface area contributed by atoms with Crippen LogP contribution in [0.4, 0.5) is 0 Å². The van der Waals surface area contributed by atoms with Gasteiger partial charge >= 0.3 is 0 Å². The van der Waals surface area contributed by atoms with Gasteiger partial charge < -0.3 is 8.68 Å². The van der Waals surface area contributed by atoms with E-state index in [1.807, 2.05) is 0 Å². The minimum atomic E-state index is -0.880. The number of hydrogen-bond donors (Lipinski definition) is 0. The fraction of sp³-hybridized carbons (Fsp3) is 1.00. The van der Waals surface area contributed by atoms with E-state index in [-0.39, 0.29) is 9.76 Å². The minimum absolute atomic E-state index is 0.156. The van der Waals surface area contributed by atoms with Crippen LogP contribution in [-0.2, 0) is 4.12 Å². The van der Waals surface area contributed by atoms with Crippen molar-refractivity contribution in [2.45, 2.75) is 13.1 Å². The monoisotopic (exact) mass is 149 g/mol. The van der Waals surface area contributed by atoms with Crippen LogP contribution < -0.4 is 0 Å². The molecule has 50 valence electrons. The summed E-state index contributed by atoms with van der Waals surface area (Å²) in [6, 6.07) is 0. The highest BCUT2D eigenvalue weighted by atomic mass is 28.4. The quantitative estimate of drug-likeness (QED) is 0.504. The first-order chi connectivity index (χ1) is 3.68. The molecule has 0 bridgehead atoms. The average molecular weight is 149 g/mol. The molecule has 0 N–H and O–H groups in total. The predicted molar refractivity (Wildman–Crippen MR) is 42.2 cm³/mol. The smallest absolute Gasteiger partial charge is 0.240 e. The highest BCUT2D eigenvalue weighted by molar-refractivity contribution is 6.54. The van der Waals surface area contributed by atoms with Gasteiger partial charge in [-0.25, -0.2) is 0 Å². The fourth-order valence-corrected chi connectivity index (χ4v) is 3.51. The van der Waals surface area contributed by atoms with Gasteiger partial charge in [-0.3, -0.25) is 0 Å². The zero-order valence-corrected chi connectivity index (χ0v) is 8.71. The highest BCUT2D eigenvalue weighted by Crippen LogP contribution is 1.85. The summed E-state index contributed by atoms with van der Waals surface area (Å²) in [4.78, 5) is 0.